The van der Waals surface area contributed by atoms with E-state index in [-0.39, 0.29) is 17.6 Å². The first kappa shape index (κ1) is 16.9. The van der Waals surface area contributed by atoms with Gasteiger partial charge in [-0.05, 0) is 68.9 Å². The number of rotatable bonds is 0. The molecule has 136 valence electrons. The molecule has 0 saturated carbocycles. The lowest BCUT2D eigenvalue weighted by Crippen LogP contribution is -2.49. The molecule has 0 aromatic heterocycles. The van der Waals surface area contributed by atoms with Crippen molar-refractivity contribution >= 4 is 6.09 Å². The minimum absolute atomic E-state index is 0.173. The zero-order valence-corrected chi connectivity index (χ0v) is 15.6. The van der Waals surface area contributed by atoms with Crippen molar-refractivity contribution in [2.45, 2.75) is 63.6 Å². The summed E-state index contributed by atoms with van der Waals surface area (Å²) in [4.78, 5) is 14.3. The number of fused-ring (bicyclic) bond motifs is 4. The highest BCUT2D eigenvalue weighted by Crippen LogP contribution is 2.54. The van der Waals surface area contributed by atoms with Crippen molar-refractivity contribution in [2.75, 3.05) is 19.7 Å². The molecule has 2 atom stereocenters. The highest BCUT2D eigenvalue weighted by atomic mass is 16.6. The monoisotopic (exact) mass is 343 g/mol. The maximum absolute atomic E-state index is 12.4. The second kappa shape index (κ2) is 6.01. The molecule has 2 unspecified atom stereocenters. The summed E-state index contributed by atoms with van der Waals surface area (Å²) in [6.45, 7) is 8.21. The minimum atomic E-state index is -0.432. The summed E-state index contributed by atoms with van der Waals surface area (Å²) in [5, 5.41) is 0. The second-order valence-electron chi connectivity index (χ2n) is 8.88. The molecule has 0 bridgehead atoms. The van der Waals surface area contributed by atoms with Crippen molar-refractivity contribution in [2.24, 2.45) is 5.92 Å². The van der Waals surface area contributed by atoms with Gasteiger partial charge in [-0.1, -0.05) is 24.3 Å². The Morgan fingerprint density at radius 2 is 1.96 bits per heavy atom. The number of carbonyl (C=O) groups is 1. The smallest absolute Gasteiger partial charge is 0.410 e. The molecule has 0 radical (unpaired) electrons. The fourth-order valence-corrected chi connectivity index (χ4v) is 4.94. The molecule has 2 heterocycles. The lowest BCUT2D eigenvalue weighted by atomic mass is 9.61. The van der Waals surface area contributed by atoms with Crippen LogP contribution in [-0.2, 0) is 14.9 Å². The molecule has 3 aliphatic rings. The molecule has 1 amide bonds. The standard InChI is InChI=1S/C21H29NO3/c1-20(2,3)25-19(23)22-11-9-21(10-12-22)14-15-8-13-24-18(15)16-6-4-5-7-17(16)21/h4-7,15,18H,8-14H2,1-3H3. The molecule has 4 heteroatoms. The van der Waals surface area contributed by atoms with Gasteiger partial charge in [-0.15, -0.1) is 0 Å². The SMILES string of the molecule is CC(C)(C)OC(=O)N1CCC2(CC1)CC1CCOC1c1ccccc12. The lowest BCUT2D eigenvalue weighted by Gasteiger charge is -2.48. The number of hydrogen-bond donors (Lipinski definition) is 0. The van der Waals surface area contributed by atoms with E-state index in [4.69, 9.17) is 9.47 Å². The maximum Gasteiger partial charge on any atom is 0.410 e. The molecule has 1 aliphatic carbocycles. The predicted octanol–water partition coefficient (Wildman–Crippen LogP) is 4.44. The average Bonchev–Trinajstić information content (AvgIpc) is 3.02. The molecule has 1 aromatic carbocycles. The fraction of sp³-hybridized carbons (Fsp3) is 0.667. The summed E-state index contributed by atoms with van der Waals surface area (Å²) in [6, 6.07) is 8.82. The quantitative estimate of drug-likeness (QED) is 0.699. The number of hydrogen-bond acceptors (Lipinski definition) is 3. The molecular weight excluding hydrogens is 314 g/mol. The molecule has 4 nitrogen and oxygen atoms in total. The minimum Gasteiger partial charge on any atom is -0.444 e. The molecule has 1 spiro atoms. The summed E-state index contributed by atoms with van der Waals surface area (Å²) in [5.74, 6) is 0.628. The van der Waals surface area contributed by atoms with E-state index < -0.39 is 5.60 Å². The molecule has 2 saturated heterocycles. The first-order chi connectivity index (χ1) is 11.9. The van der Waals surface area contributed by atoms with Gasteiger partial charge in [0, 0.05) is 19.7 Å². The number of carbonyl (C=O) groups excluding carboxylic acids is 1. The molecule has 1 aromatic rings. The van der Waals surface area contributed by atoms with Crippen LogP contribution >= 0.6 is 0 Å². The first-order valence-electron chi connectivity index (χ1n) is 9.57. The molecular formula is C21H29NO3. The van der Waals surface area contributed by atoms with E-state index in [1.165, 1.54) is 17.5 Å². The Kier molecular flexibility index (Phi) is 4.06. The summed E-state index contributed by atoms with van der Waals surface area (Å²) in [6.07, 6.45) is 4.51. The zero-order valence-electron chi connectivity index (χ0n) is 15.6. The van der Waals surface area contributed by atoms with Crippen LogP contribution < -0.4 is 0 Å². The van der Waals surface area contributed by atoms with Gasteiger partial charge in [0.1, 0.15) is 5.60 Å². The Labute approximate surface area is 150 Å². The van der Waals surface area contributed by atoms with Gasteiger partial charge >= 0.3 is 6.09 Å². The summed E-state index contributed by atoms with van der Waals surface area (Å²) in [5.41, 5.74) is 2.62. The second-order valence-corrected chi connectivity index (χ2v) is 8.88. The van der Waals surface area contributed by atoms with Crippen molar-refractivity contribution in [1.29, 1.82) is 0 Å². The van der Waals surface area contributed by atoms with Gasteiger partial charge in [-0.2, -0.15) is 0 Å². The first-order valence-corrected chi connectivity index (χ1v) is 9.57. The van der Waals surface area contributed by atoms with Gasteiger partial charge < -0.3 is 14.4 Å². The van der Waals surface area contributed by atoms with Crippen LogP contribution in [0.1, 0.15) is 63.7 Å². The van der Waals surface area contributed by atoms with Crippen LogP contribution in [0.4, 0.5) is 4.79 Å². The Balaban J connectivity index is 1.54. The highest BCUT2D eigenvalue weighted by molar-refractivity contribution is 5.68. The van der Waals surface area contributed by atoms with Crippen LogP contribution in [0.5, 0.6) is 0 Å². The Bertz CT molecular complexity index is 655. The third-order valence-electron chi connectivity index (χ3n) is 6.08. The van der Waals surface area contributed by atoms with Gasteiger partial charge in [0.2, 0.25) is 0 Å². The van der Waals surface area contributed by atoms with E-state index in [1.54, 1.807) is 0 Å². The van der Waals surface area contributed by atoms with Gasteiger partial charge in [-0.25, -0.2) is 4.79 Å². The fourth-order valence-electron chi connectivity index (χ4n) is 4.94. The van der Waals surface area contributed by atoms with Crippen molar-refractivity contribution in [3.8, 4) is 0 Å². The van der Waals surface area contributed by atoms with Crippen LogP contribution in [-0.4, -0.2) is 36.3 Å². The van der Waals surface area contributed by atoms with Crippen molar-refractivity contribution in [1.82, 2.24) is 4.90 Å². The van der Waals surface area contributed by atoms with Gasteiger partial charge in [0.25, 0.3) is 0 Å². The molecule has 0 N–H and O–H groups in total. The molecule has 4 rings (SSSR count). The summed E-state index contributed by atoms with van der Waals surface area (Å²) in [7, 11) is 0. The van der Waals surface area contributed by atoms with Gasteiger partial charge in [0.15, 0.2) is 0 Å². The summed E-state index contributed by atoms with van der Waals surface area (Å²) >= 11 is 0. The third-order valence-corrected chi connectivity index (χ3v) is 6.08. The zero-order chi connectivity index (χ0) is 17.7. The Morgan fingerprint density at radius 1 is 1.24 bits per heavy atom. The van der Waals surface area contributed by atoms with Gasteiger partial charge in [0.05, 0.1) is 6.10 Å². The number of benzene rings is 1. The van der Waals surface area contributed by atoms with Crippen LogP contribution in [0.2, 0.25) is 0 Å². The number of nitrogens with zero attached hydrogens (tertiary/aromatic N) is 1. The normalized spacial score (nSPS) is 27.7. The topological polar surface area (TPSA) is 38.8 Å². The molecule has 2 aliphatic heterocycles. The van der Waals surface area contributed by atoms with E-state index in [9.17, 15) is 4.79 Å². The van der Waals surface area contributed by atoms with Crippen molar-refractivity contribution in [3.63, 3.8) is 0 Å². The Hall–Kier alpha value is -1.55. The van der Waals surface area contributed by atoms with Crippen LogP contribution in [0.3, 0.4) is 0 Å². The van der Waals surface area contributed by atoms with Crippen LogP contribution in [0, 0.1) is 5.92 Å². The van der Waals surface area contributed by atoms with Crippen molar-refractivity contribution < 1.29 is 14.3 Å². The number of likely N-dealkylation sites (tertiary alicyclic amines) is 1. The largest absolute Gasteiger partial charge is 0.444 e. The van der Waals surface area contributed by atoms with E-state index in [1.807, 2.05) is 25.7 Å². The Morgan fingerprint density at radius 3 is 2.68 bits per heavy atom. The predicted molar refractivity (Wildman–Crippen MR) is 96.6 cm³/mol. The number of piperidine rings is 1. The highest BCUT2D eigenvalue weighted by Gasteiger charge is 2.48. The third kappa shape index (κ3) is 3.05. The van der Waals surface area contributed by atoms with Crippen LogP contribution in [0.25, 0.3) is 0 Å². The van der Waals surface area contributed by atoms with Gasteiger partial charge in [-0.3, -0.25) is 0 Å². The lowest BCUT2D eigenvalue weighted by molar-refractivity contribution is 0.0104. The van der Waals surface area contributed by atoms with Crippen molar-refractivity contribution in [3.05, 3.63) is 35.4 Å². The molecule has 2 fully saturated rings. The number of ether oxygens (including phenoxy) is 2. The van der Waals surface area contributed by atoms with E-state index >= 15 is 0 Å². The summed E-state index contributed by atoms with van der Waals surface area (Å²) < 4.78 is 11.6. The molecule has 25 heavy (non-hydrogen) atoms. The van der Waals surface area contributed by atoms with Crippen LogP contribution in [0.15, 0.2) is 24.3 Å². The van der Waals surface area contributed by atoms with E-state index in [0.717, 1.165) is 39.0 Å². The average molecular weight is 343 g/mol. The van der Waals surface area contributed by atoms with E-state index in [0.29, 0.717) is 5.92 Å². The number of amides is 1. The maximum atomic E-state index is 12.4. The van der Waals surface area contributed by atoms with E-state index in [2.05, 4.69) is 24.3 Å².